The number of carbonyl (C=O) groups is 2. The number of carbonyl (C=O) groups excluding carboxylic acids is 2. The summed E-state index contributed by atoms with van der Waals surface area (Å²) >= 11 is 0. The first-order valence-corrected chi connectivity index (χ1v) is 6.69. The summed E-state index contributed by atoms with van der Waals surface area (Å²) in [6.45, 7) is 1.27. The Balaban J connectivity index is 1.76. The van der Waals surface area contributed by atoms with E-state index in [0.29, 0.717) is 18.9 Å². The van der Waals surface area contributed by atoms with Gasteiger partial charge in [0.1, 0.15) is 18.4 Å². The van der Waals surface area contributed by atoms with E-state index < -0.39 is 0 Å². The lowest BCUT2D eigenvalue weighted by molar-refractivity contribution is -0.154. The molecule has 2 amide bonds. The van der Waals surface area contributed by atoms with Gasteiger partial charge in [-0.25, -0.2) is 10.8 Å². The van der Waals surface area contributed by atoms with Crippen LogP contribution < -0.4 is 11.3 Å². The number of amides is 2. The molecule has 7 nitrogen and oxygen atoms in total. The summed E-state index contributed by atoms with van der Waals surface area (Å²) in [6, 6.07) is 3.34. The summed E-state index contributed by atoms with van der Waals surface area (Å²) in [7, 11) is 0. The first kappa shape index (κ1) is 12.9. The number of hydrogen-bond donors (Lipinski definition) is 2. The lowest BCUT2D eigenvalue weighted by Crippen LogP contribution is -2.56. The molecule has 1 aromatic rings. The minimum atomic E-state index is -0.259. The number of anilines is 1. The fourth-order valence-electron chi connectivity index (χ4n) is 2.87. The number of aromatic nitrogens is 1. The number of hydrogen-bond acceptors (Lipinski definition) is 5. The Bertz CT molecular complexity index is 547. The maximum atomic E-state index is 12.4. The van der Waals surface area contributed by atoms with Crippen LogP contribution in [0.3, 0.4) is 0 Å². The zero-order valence-electron chi connectivity index (χ0n) is 11.1. The Kier molecular flexibility index (Phi) is 3.27. The smallest absolute Gasteiger partial charge is 0.246 e. The van der Waals surface area contributed by atoms with Crippen LogP contribution in [0.5, 0.6) is 0 Å². The first-order valence-electron chi connectivity index (χ1n) is 6.69. The predicted molar refractivity (Wildman–Crippen MR) is 72.2 cm³/mol. The van der Waals surface area contributed by atoms with E-state index in [1.54, 1.807) is 22.1 Å². The van der Waals surface area contributed by atoms with Crippen molar-refractivity contribution in [2.75, 3.05) is 18.5 Å². The predicted octanol–water partition coefficient (Wildman–Crippen LogP) is -0.300. The van der Waals surface area contributed by atoms with Crippen LogP contribution in [0, 0.1) is 0 Å². The van der Waals surface area contributed by atoms with Crippen LogP contribution >= 0.6 is 0 Å². The van der Waals surface area contributed by atoms with Gasteiger partial charge in [0.2, 0.25) is 11.8 Å². The molecule has 2 aliphatic rings. The molecule has 0 saturated carbocycles. The molecule has 0 spiro atoms. The van der Waals surface area contributed by atoms with Gasteiger partial charge in [-0.2, -0.15) is 0 Å². The summed E-state index contributed by atoms with van der Waals surface area (Å²) in [5.74, 6) is 5.94. The van der Waals surface area contributed by atoms with Crippen molar-refractivity contribution in [3.8, 4) is 0 Å². The van der Waals surface area contributed by atoms with Gasteiger partial charge in [-0.15, -0.1) is 0 Å². The second-order valence-corrected chi connectivity index (χ2v) is 5.13. The third-order valence-corrected chi connectivity index (χ3v) is 3.84. The molecule has 2 aliphatic heterocycles. The minimum Gasteiger partial charge on any atom is -0.329 e. The topological polar surface area (TPSA) is 91.6 Å². The molecule has 3 N–H and O–H groups in total. The SMILES string of the molecule is NNc1cc(CN2CC(=O)N3CCCC3C2=O)ccn1. The van der Waals surface area contributed by atoms with Crippen LogP contribution in [-0.4, -0.2) is 45.7 Å². The molecule has 1 unspecified atom stereocenters. The average molecular weight is 275 g/mol. The highest BCUT2D eigenvalue weighted by atomic mass is 16.2. The third-order valence-electron chi connectivity index (χ3n) is 3.84. The van der Waals surface area contributed by atoms with Gasteiger partial charge in [0.25, 0.3) is 0 Å². The number of hydrazine groups is 1. The summed E-state index contributed by atoms with van der Waals surface area (Å²) in [4.78, 5) is 31.8. The number of fused-ring (bicyclic) bond motifs is 1. The lowest BCUT2D eigenvalue weighted by Gasteiger charge is -2.36. The number of nitrogens with zero attached hydrogens (tertiary/aromatic N) is 3. The normalized spacial score (nSPS) is 22.1. The molecule has 0 radical (unpaired) electrons. The Morgan fingerprint density at radius 2 is 2.30 bits per heavy atom. The maximum Gasteiger partial charge on any atom is 0.246 e. The highest BCUT2D eigenvalue weighted by Crippen LogP contribution is 2.24. The van der Waals surface area contributed by atoms with Crippen LogP contribution in [0.4, 0.5) is 5.82 Å². The highest BCUT2D eigenvalue weighted by molar-refractivity contribution is 5.95. The summed E-state index contributed by atoms with van der Waals surface area (Å²) < 4.78 is 0. The maximum absolute atomic E-state index is 12.4. The molecule has 0 aromatic carbocycles. The van der Waals surface area contributed by atoms with E-state index in [2.05, 4.69) is 10.4 Å². The fourth-order valence-corrected chi connectivity index (χ4v) is 2.87. The van der Waals surface area contributed by atoms with Crippen molar-refractivity contribution in [3.63, 3.8) is 0 Å². The number of nitrogens with two attached hydrogens (primary N) is 1. The molecule has 3 heterocycles. The van der Waals surface area contributed by atoms with E-state index in [1.807, 2.05) is 6.07 Å². The van der Waals surface area contributed by atoms with Gasteiger partial charge < -0.3 is 15.2 Å². The lowest BCUT2D eigenvalue weighted by atomic mass is 10.1. The van der Waals surface area contributed by atoms with E-state index in [1.165, 1.54) is 0 Å². The van der Waals surface area contributed by atoms with E-state index in [0.717, 1.165) is 18.4 Å². The van der Waals surface area contributed by atoms with Gasteiger partial charge >= 0.3 is 0 Å². The zero-order chi connectivity index (χ0) is 14.1. The molecule has 0 bridgehead atoms. The second kappa shape index (κ2) is 5.09. The van der Waals surface area contributed by atoms with Gasteiger partial charge in [0.05, 0.1) is 0 Å². The minimum absolute atomic E-state index is 0.0401. The standard InChI is InChI=1S/C13H17N5O2/c14-16-11-6-9(3-4-15-11)7-17-8-12(19)18-5-1-2-10(18)13(17)20/h3-4,6,10H,1-2,5,7-8,14H2,(H,15,16). The molecule has 20 heavy (non-hydrogen) atoms. The van der Waals surface area contributed by atoms with Crippen molar-refractivity contribution in [3.05, 3.63) is 23.9 Å². The fraction of sp³-hybridized carbons (Fsp3) is 0.462. The molecule has 0 aliphatic carbocycles. The third kappa shape index (κ3) is 2.20. The molecule has 7 heteroatoms. The van der Waals surface area contributed by atoms with Gasteiger partial charge in [-0.1, -0.05) is 0 Å². The summed E-state index contributed by atoms with van der Waals surface area (Å²) in [5.41, 5.74) is 3.38. The van der Waals surface area contributed by atoms with Gasteiger partial charge in [0, 0.05) is 19.3 Å². The molecule has 3 rings (SSSR count). The molecule has 106 valence electrons. The summed E-state index contributed by atoms with van der Waals surface area (Å²) in [6.07, 6.45) is 3.31. The Hall–Kier alpha value is -2.15. The van der Waals surface area contributed by atoms with Crippen molar-refractivity contribution in [2.45, 2.75) is 25.4 Å². The monoisotopic (exact) mass is 275 g/mol. The largest absolute Gasteiger partial charge is 0.329 e. The van der Waals surface area contributed by atoms with Crippen LogP contribution in [0.1, 0.15) is 18.4 Å². The van der Waals surface area contributed by atoms with Crippen molar-refractivity contribution in [1.29, 1.82) is 0 Å². The number of nitrogens with one attached hydrogen (secondary N) is 1. The molecular weight excluding hydrogens is 258 g/mol. The molecular formula is C13H17N5O2. The van der Waals surface area contributed by atoms with Gasteiger partial charge in [-0.3, -0.25) is 9.59 Å². The van der Waals surface area contributed by atoms with E-state index in [-0.39, 0.29) is 24.4 Å². The van der Waals surface area contributed by atoms with Gasteiger partial charge in [0.15, 0.2) is 0 Å². The van der Waals surface area contributed by atoms with Crippen molar-refractivity contribution >= 4 is 17.6 Å². The van der Waals surface area contributed by atoms with Crippen LogP contribution in [0.25, 0.3) is 0 Å². The second-order valence-electron chi connectivity index (χ2n) is 5.13. The number of nitrogen functional groups attached to an aromatic ring is 1. The van der Waals surface area contributed by atoms with Crippen LogP contribution in [0.15, 0.2) is 18.3 Å². The Labute approximate surface area is 116 Å². The molecule has 2 fully saturated rings. The zero-order valence-corrected chi connectivity index (χ0v) is 11.1. The molecule has 2 saturated heterocycles. The van der Waals surface area contributed by atoms with Crippen molar-refractivity contribution in [2.24, 2.45) is 5.84 Å². The van der Waals surface area contributed by atoms with Crippen LogP contribution in [-0.2, 0) is 16.1 Å². The Morgan fingerprint density at radius 3 is 3.10 bits per heavy atom. The van der Waals surface area contributed by atoms with E-state index >= 15 is 0 Å². The van der Waals surface area contributed by atoms with Crippen molar-refractivity contribution < 1.29 is 9.59 Å². The first-order chi connectivity index (χ1) is 9.69. The highest BCUT2D eigenvalue weighted by Gasteiger charge is 2.41. The van der Waals surface area contributed by atoms with Crippen molar-refractivity contribution in [1.82, 2.24) is 14.8 Å². The molecule has 1 aromatic heterocycles. The number of rotatable bonds is 3. The van der Waals surface area contributed by atoms with E-state index in [9.17, 15) is 9.59 Å². The van der Waals surface area contributed by atoms with Gasteiger partial charge in [-0.05, 0) is 30.5 Å². The quantitative estimate of drug-likeness (QED) is 0.584. The average Bonchev–Trinajstić information content (AvgIpc) is 2.95. The van der Waals surface area contributed by atoms with Crippen LogP contribution in [0.2, 0.25) is 0 Å². The summed E-state index contributed by atoms with van der Waals surface area (Å²) in [5, 5.41) is 0. The van der Waals surface area contributed by atoms with E-state index in [4.69, 9.17) is 5.84 Å². The number of piperazine rings is 1. The molecule has 1 atom stereocenters. The Morgan fingerprint density at radius 1 is 1.45 bits per heavy atom. The number of pyridine rings is 1.